The summed E-state index contributed by atoms with van der Waals surface area (Å²) < 4.78 is 98.7. The van der Waals surface area contributed by atoms with Crippen LogP contribution in [0, 0.1) is 34.9 Å². The number of nitrogens with zero attached hydrogens (tertiary/aromatic N) is 2. The summed E-state index contributed by atoms with van der Waals surface area (Å²) in [6, 6.07) is 9.29. The van der Waals surface area contributed by atoms with E-state index in [0.29, 0.717) is 16.9 Å². The zero-order valence-corrected chi connectivity index (χ0v) is 29.0. The third-order valence-electron chi connectivity index (χ3n) is 7.41. The number of aromatic nitrogens is 1. The Balaban J connectivity index is 0.000000208. The van der Waals surface area contributed by atoms with Crippen molar-refractivity contribution >= 4 is 63.7 Å². The second-order valence-corrected chi connectivity index (χ2v) is 11.7. The maximum Gasteiger partial charge on any atom is 0.343 e. The predicted octanol–water partition coefficient (Wildman–Crippen LogP) is 9.04. The maximum atomic E-state index is 14.3. The number of phenols is 1. The van der Waals surface area contributed by atoms with E-state index in [2.05, 4.69) is 4.99 Å². The average molecular weight is 795 g/mol. The van der Waals surface area contributed by atoms with Crippen molar-refractivity contribution in [3.05, 3.63) is 127 Å². The summed E-state index contributed by atoms with van der Waals surface area (Å²) in [6.45, 7) is 2.95. The summed E-state index contributed by atoms with van der Waals surface area (Å²) in [5, 5.41) is 20.3. The van der Waals surface area contributed by atoms with E-state index in [9.17, 15) is 50.9 Å². The topological polar surface area (TPSA) is 137 Å². The van der Waals surface area contributed by atoms with Gasteiger partial charge in [-0.3, -0.25) is 9.79 Å². The molecule has 280 valence electrons. The summed E-state index contributed by atoms with van der Waals surface area (Å²) in [4.78, 5) is 40.6. The molecule has 1 aromatic heterocycles. The van der Waals surface area contributed by atoms with Crippen molar-refractivity contribution in [2.45, 2.75) is 13.8 Å². The van der Waals surface area contributed by atoms with Gasteiger partial charge in [-0.2, -0.15) is 4.39 Å². The quantitative estimate of drug-likeness (QED) is 0.0311. The molecule has 2 N–H and O–H groups in total. The lowest BCUT2D eigenvalue weighted by molar-refractivity contribution is -0.137. The van der Waals surface area contributed by atoms with Gasteiger partial charge in [0.25, 0.3) is 0 Å². The highest BCUT2D eigenvalue weighted by Gasteiger charge is 2.29. The van der Waals surface area contributed by atoms with E-state index in [1.54, 1.807) is 19.1 Å². The van der Waals surface area contributed by atoms with Gasteiger partial charge in [0.05, 0.1) is 29.9 Å². The Bertz CT molecular complexity index is 2490. The van der Waals surface area contributed by atoms with Crippen molar-refractivity contribution in [3.63, 3.8) is 0 Å². The fourth-order valence-corrected chi connectivity index (χ4v) is 5.30. The number of esters is 2. The molecule has 1 aliphatic heterocycles. The number of halogens is 8. The second-order valence-electron chi connectivity index (χ2n) is 10.8. The SMILES string of the molecule is CCOC(=O)C(C=Nc1ccc(Cl)cc1O)=C(O)c1cc(F)c(F)c(F)c1F.CCOC(=O)c1cn2c3c(c(F)c(F)cc3c1=O)Oc1cc(Cl)ccc1-2. The van der Waals surface area contributed by atoms with Gasteiger partial charge in [-0.1, -0.05) is 23.2 Å². The molecule has 1 aliphatic rings. The molecule has 18 heteroatoms. The second kappa shape index (κ2) is 15.9. The number of ether oxygens (including phenoxy) is 3. The molecular weight excluding hydrogens is 773 g/mol. The van der Waals surface area contributed by atoms with Gasteiger partial charge in [0, 0.05) is 34.6 Å². The van der Waals surface area contributed by atoms with Crippen molar-refractivity contribution in [1.82, 2.24) is 4.57 Å². The largest absolute Gasteiger partial charge is 0.506 e. The van der Waals surface area contributed by atoms with Gasteiger partial charge in [-0.15, -0.1) is 0 Å². The monoisotopic (exact) mass is 794 g/mol. The van der Waals surface area contributed by atoms with Crippen molar-refractivity contribution in [2.75, 3.05) is 13.2 Å². The van der Waals surface area contributed by atoms with Gasteiger partial charge >= 0.3 is 11.9 Å². The molecule has 0 unspecified atom stereocenters. The smallest absolute Gasteiger partial charge is 0.343 e. The van der Waals surface area contributed by atoms with Crippen LogP contribution in [0.15, 0.2) is 70.1 Å². The molecule has 10 nitrogen and oxygen atoms in total. The highest BCUT2D eigenvalue weighted by Crippen LogP contribution is 2.43. The minimum absolute atomic E-state index is 0.0248. The van der Waals surface area contributed by atoms with Crippen molar-refractivity contribution in [2.24, 2.45) is 4.99 Å². The molecule has 0 saturated heterocycles. The minimum Gasteiger partial charge on any atom is -0.506 e. The molecule has 0 radical (unpaired) electrons. The van der Waals surface area contributed by atoms with Crippen LogP contribution in [0.4, 0.5) is 32.0 Å². The van der Waals surface area contributed by atoms with Crippen LogP contribution in [0.1, 0.15) is 29.8 Å². The van der Waals surface area contributed by atoms with Crippen LogP contribution in [0.2, 0.25) is 10.0 Å². The van der Waals surface area contributed by atoms with E-state index in [-0.39, 0.29) is 58.0 Å². The third kappa shape index (κ3) is 7.56. The van der Waals surface area contributed by atoms with Crippen LogP contribution in [-0.4, -0.2) is 46.1 Å². The number of aliphatic hydroxyl groups is 1. The van der Waals surface area contributed by atoms with Crippen molar-refractivity contribution in [3.8, 4) is 22.9 Å². The molecule has 0 atom stereocenters. The number of aromatic hydroxyl groups is 1. The Labute approximate surface area is 309 Å². The number of carbonyl (C=O) groups is 2. The lowest BCUT2D eigenvalue weighted by Crippen LogP contribution is -2.22. The van der Waals surface area contributed by atoms with Crippen molar-refractivity contribution in [1.29, 1.82) is 0 Å². The van der Waals surface area contributed by atoms with Crippen LogP contribution in [-0.2, 0) is 14.3 Å². The molecule has 0 amide bonds. The number of fused-ring (bicyclic) bond motifs is 2. The molecule has 4 aromatic carbocycles. The first-order valence-corrected chi connectivity index (χ1v) is 16.0. The van der Waals surface area contributed by atoms with Gasteiger partial charge in [-0.05, 0) is 50.2 Å². The third-order valence-corrected chi connectivity index (χ3v) is 7.88. The number of pyridine rings is 1. The van der Waals surface area contributed by atoms with Crippen LogP contribution in [0.3, 0.4) is 0 Å². The molecule has 0 bridgehead atoms. The lowest BCUT2D eigenvalue weighted by Gasteiger charge is -2.24. The highest BCUT2D eigenvalue weighted by molar-refractivity contribution is 6.31. The standard InChI is InChI=1S/C18H12ClF4NO4.C18H10ClF2NO4/c1-2-28-18(27)10(7-24-12-4-3-8(19)5-13(12)25)17(26)9-6-11(20)15(22)16(23)14(9)21;1-2-25-18(24)10-7-22-12-4-3-8(19)5-13(12)26-17-14(21)11(20)6-9(15(17)22)16(10)23/h3-7,25-26H,2H2,1H3;3-7H,2H2,1H3. The number of carbonyl (C=O) groups excluding carboxylic acids is 2. The molecule has 0 fully saturated rings. The van der Waals surface area contributed by atoms with E-state index in [0.717, 1.165) is 12.1 Å². The van der Waals surface area contributed by atoms with Crippen LogP contribution >= 0.6 is 23.2 Å². The Hall–Kier alpha value is -6.00. The van der Waals surface area contributed by atoms with Gasteiger partial charge in [-0.25, -0.2) is 31.5 Å². The van der Waals surface area contributed by atoms with E-state index < -0.39 is 74.9 Å². The summed E-state index contributed by atoms with van der Waals surface area (Å²) in [5.74, 6) is -14.4. The molecule has 54 heavy (non-hydrogen) atoms. The van der Waals surface area contributed by atoms with Crippen molar-refractivity contribution < 1.29 is 60.4 Å². The summed E-state index contributed by atoms with van der Waals surface area (Å²) in [7, 11) is 0. The first-order valence-electron chi connectivity index (χ1n) is 15.3. The lowest BCUT2D eigenvalue weighted by atomic mass is 10.1. The number of aliphatic imine (C=N–C) groups is 1. The molecular formula is C36H22Cl2F6N2O8. The fourth-order valence-electron chi connectivity index (χ4n) is 4.97. The predicted molar refractivity (Wildman–Crippen MR) is 184 cm³/mol. The van der Waals surface area contributed by atoms with E-state index in [1.807, 2.05) is 0 Å². The van der Waals surface area contributed by atoms with E-state index in [4.69, 9.17) is 37.4 Å². The molecule has 2 heterocycles. The van der Waals surface area contributed by atoms with Gasteiger partial charge in [0.2, 0.25) is 11.2 Å². The Morgan fingerprint density at radius 3 is 2.17 bits per heavy atom. The molecule has 0 aliphatic carbocycles. The number of aliphatic hydroxyl groups excluding tert-OH is 1. The number of rotatable bonds is 7. The summed E-state index contributed by atoms with van der Waals surface area (Å²) >= 11 is 11.6. The number of phenolic OH excluding ortho intramolecular Hbond substituents is 1. The van der Waals surface area contributed by atoms with Crippen LogP contribution in [0.5, 0.6) is 17.2 Å². The Morgan fingerprint density at radius 2 is 1.50 bits per heavy atom. The first-order chi connectivity index (χ1) is 25.6. The Kier molecular flexibility index (Phi) is 11.6. The van der Waals surface area contributed by atoms with Gasteiger partial charge in [0.1, 0.15) is 33.8 Å². The molecule has 0 spiro atoms. The van der Waals surface area contributed by atoms with Gasteiger partial charge < -0.3 is 29.0 Å². The maximum absolute atomic E-state index is 14.3. The zero-order valence-electron chi connectivity index (χ0n) is 27.4. The highest BCUT2D eigenvalue weighted by atomic mass is 35.5. The molecule has 5 aromatic rings. The minimum atomic E-state index is -2.17. The molecule has 0 saturated carbocycles. The number of hydrogen-bond acceptors (Lipinski definition) is 9. The van der Waals surface area contributed by atoms with Crippen LogP contribution in [0.25, 0.3) is 22.3 Å². The average Bonchev–Trinajstić information content (AvgIpc) is 3.13. The van der Waals surface area contributed by atoms with Gasteiger partial charge in [0.15, 0.2) is 40.6 Å². The number of hydrogen-bond donors (Lipinski definition) is 2. The Morgan fingerprint density at radius 1 is 0.852 bits per heavy atom. The molecule has 6 rings (SSSR count). The fraction of sp³-hybridized carbons (Fsp3) is 0.111. The van der Waals surface area contributed by atoms with E-state index in [1.165, 1.54) is 35.9 Å². The number of benzene rings is 4. The van der Waals surface area contributed by atoms with E-state index >= 15 is 0 Å². The summed E-state index contributed by atoms with van der Waals surface area (Å²) in [5.41, 5.74) is -2.61. The zero-order chi connectivity index (χ0) is 39.6. The first kappa shape index (κ1) is 39.2. The normalized spacial score (nSPS) is 12.0. The summed E-state index contributed by atoms with van der Waals surface area (Å²) in [6.07, 6.45) is 1.92. The van der Waals surface area contributed by atoms with Crippen LogP contribution < -0.4 is 10.2 Å².